The number of nitrogens with one attached hydrogen (secondary N) is 1. The molecule has 2 aromatic heterocycles. The van der Waals surface area contributed by atoms with E-state index in [1.54, 1.807) is 37.7 Å². The van der Waals surface area contributed by atoms with Gasteiger partial charge in [0.05, 0.1) is 28.4 Å². The molecule has 0 spiro atoms. The van der Waals surface area contributed by atoms with Crippen LogP contribution in [-0.4, -0.2) is 22.1 Å². The number of methoxy groups -OCH3 is 1. The van der Waals surface area contributed by atoms with Gasteiger partial charge >= 0.3 is 0 Å². The van der Waals surface area contributed by atoms with Crippen LogP contribution in [0.5, 0.6) is 5.75 Å². The summed E-state index contributed by atoms with van der Waals surface area (Å²) in [5, 5.41) is 5.04. The molecule has 0 aliphatic heterocycles. The molecule has 0 fully saturated rings. The van der Waals surface area contributed by atoms with E-state index in [0.29, 0.717) is 33.1 Å². The SMILES string of the molecule is COc1ccc2nc(-c3cccnc3)nc(Nc3c(Cl)cccc3Cl)c2c1. The van der Waals surface area contributed by atoms with Crippen molar-refractivity contribution in [3.05, 3.63) is 71.0 Å². The summed E-state index contributed by atoms with van der Waals surface area (Å²) in [5.41, 5.74) is 2.15. The van der Waals surface area contributed by atoms with Crippen molar-refractivity contribution in [2.75, 3.05) is 12.4 Å². The first-order chi connectivity index (χ1) is 13.2. The first kappa shape index (κ1) is 17.5. The zero-order chi connectivity index (χ0) is 18.8. The first-order valence-electron chi connectivity index (χ1n) is 8.13. The summed E-state index contributed by atoms with van der Waals surface area (Å²) in [4.78, 5) is 13.5. The van der Waals surface area contributed by atoms with Crippen molar-refractivity contribution in [1.82, 2.24) is 15.0 Å². The molecule has 134 valence electrons. The van der Waals surface area contributed by atoms with Crippen molar-refractivity contribution >= 4 is 45.6 Å². The Labute approximate surface area is 166 Å². The van der Waals surface area contributed by atoms with Crippen LogP contribution < -0.4 is 10.1 Å². The van der Waals surface area contributed by atoms with E-state index < -0.39 is 0 Å². The second-order valence-electron chi connectivity index (χ2n) is 5.74. The zero-order valence-electron chi connectivity index (χ0n) is 14.3. The van der Waals surface area contributed by atoms with Gasteiger partial charge in [-0.3, -0.25) is 4.98 Å². The average Bonchev–Trinajstić information content (AvgIpc) is 2.71. The predicted molar refractivity (Wildman–Crippen MR) is 109 cm³/mol. The van der Waals surface area contributed by atoms with Gasteiger partial charge in [-0.15, -0.1) is 0 Å². The van der Waals surface area contributed by atoms with Crippen molar-refractivity contribution in [3.63, 3.8) is 0 Å². The molecule has 4 aromatic rings. The van der Waals surface area contributed by atoms with Crippen molar-refractivity contribution in [2.24, 2.45) is 0 Å². The predicted octanol–water partition coefficient (Wildman–Crippen LogP) is 5.75. The van der Waals surface area contributed by atoms with Crippen molar-refractivity contribution < 1.29 is 4.74 Å². The second kappa shape index (κ2) is 7.39. The number of rotatable bonds is 4. The third kappa shape index (κ3) is 3.52. The molecule has 0 radical (unpaired) electrons. The fourth-order valence-electron chi connectivity index (χ4n) is 2.69. The number of anilines is 2. The Morgan fingerprint density at radius 1 is 0.963 bits per heavy atom. The molecule has 1 N–H and O–H groups in total. The van der Waals surface area contributed by atoms with Gasteiger partial charge in [0, 0.05) is 23.3 Å². The molecule has 0 unspecified atom stereocenters. The summed E-state index contributed by atoms with van der Waals surface area (Å²) >= 11 is 12.6. The minimum absolute atomic E-state index is 0.500. The maximum Gasteiger partial charge on any atom is 0.163 e. The van der Waals surface area contributed by atoms with Gasteiger partial charge in [-0.25, -0.2) is 9.97 Å². The minimum atomic E-state index is 0.500. The highest BCUT2D eigenvalue weighted by Crippen LogP contribution is 2.35. The first-order valence-corrected chi connectivity index (χ1v) is 8.88. The van der Waals surface area contributed by atoms with Gasteiger partial charge in [-0.1, -0.05) is 29.3 Å². The summed E-state index contributed by atoms with van der Waals surface area (Å²) in [6.07, 6.45) is 3.43. The van der Waals surface area contributed by atoms with Gasteiger partial charge in [0.25, 0.3) is 0 Å². The number of aromatic nitrogens is 3. The van der Waals surface area contributed by atoms with Gasteiger partial charge in [0.1, 0.15) is 11.6 Å². The number of hydrogen-bond acceptors (Lipinski definition) is 5. The molecule has 5 nitrogen and oxygen atoms in total. The van der Waals surface area contributed by atoms with Gasteiger partial charge in [0.15, 0.2) is 5.82 Å². The fraction of sp³-hybridized carbons (Fsp3) is 0.0500. The largest absolute Gasteiger partial charge is 0.497 e. The summed E-state index contributed by atoms with van der Waals surface area (Å²) in [7, 11) is 1.62. The van der Waals surface area contributed by atoms with Crippen molar-refractivity contribution in [2.45, 2.75) is 0 Å². The van der Waals surface area contributed by atoms with Gasteiger partial charge in [-0.2, -0.15) is 0 Å². The molecule has 4 rings (SSSR count). The Bertz CT molecular complexity index is 1100. The molecular weight excluding hydrogens is 383 g/mol. The Hall–Kier alpha value is -2.89. The topological polar surface area (TPSA) is 59.9 Å². The normalized spacial score (nSPS) is 10.8. The third-order valence-corrected chi connectivity index (χ3v) is 4.66. The van der Waals surface area contributed by atoms with Crippen LogP contribution in [0, 0.1) is 0 Å². The number of pyridine rings is 1. The van der Waals surface area contributed by atoms with Crippen LogP contribution in [0.15, 0.2) is 60.9 Å². The van der Waals surface area contributed by atoms with Crippen LogP contribution in [-0.2, 0) is 0 Å². The lowest BCUT2D eigenvalue weighted by Crippen LogP contribution is -2.01. The van der Waals surface area contributed by atoms with Gasteiger partial charge in [0.2, 0.25) is 0 Å². The van der Waals surface area contributed by atoms with E-state index in [1.807, 2.05) is 30.3 Å². The Balaban J connectivity index is 1.93. The van der Waals surface area contributed by atoms with E-state index in [9.17, 15) is 0 Å². The number of hydrogen-bond donors (Lipinski definition) is 1. The van der Waals surface area contributed by atoms with Gasteiger partial charge < -0.3 is 10.1 Å². The lowest BCUT2D eigenvalue weighted by molar-refractivity contribution is 0.415. The highest BCUT2D eigenvalue weighted by atomic mass is 35.5. The second-order valence-corrected chi connectivity index (χ2v) is 6.56. The highest BCUT2D eigenvalue weighted by molar-refractivity contribution is 6.39. The number of benzene rings is 2. The summed E-state index contributed by atoms with van der Waals surface area (Å²) in [5.74, 6) is 1.83. The fourth-order valence-corrected chi connectivity index (χ4v) is 3.18. The quantitative estimate of drug-likeness (QED) is 0.475. The molecule has 7 heteroatoms. The molecule has 2 aromatic carbocycles. The molecule has 0 aliphatic rings. The number of fused-ring (bicyclic) bond motifs is 1. The van der Waals surface area contributed by atoms with E-state index in [-0.39, 0.29) is 0 Å². The Morgan fingerprint density at radius 3 is 2.48 bits per heavy atom. The van der Waals surface area contributed by atoms with Gasteiger partial charge in [-0.05, 0) is 42.5 Å². The van der Waals surface area contributed by atoms with Crippen LogP contribution in [0.25, 0.3) is 22.3 Å². The average molecular weight is 397 g/mol. The molecule has 2 heterocycles. The Morgan fingerprint density at radius 2 is 1.78 bits per heavy atom. The van der Waals surface area contributed by atoms with E-state index in [2.05, 4.69) is 20.3 Å². The monoisotopic (exact) mass is 396 g/mol. The number of nitrogens with zero attached hydrogens (tertiary/aromatic N) is 3. The lowest BCUT2D eigenvalue weighted by Gasteiger charge is -2.14. The smallest absolute Gasteiger partial charge is 0.163 e. The van der Waals surface area contributed by atoms with Crippen LogP contribution >= 0.6 is 23.2 Å². The highest BCUT2D eigenvalue weighted by Gasteiger charge is 2.14. The molecule has 0 atom stereocenters. The van der Waals surface area contributed by atoms with Crippen LogP contribution in [0.2, 0.25) is 10.0 Å². The zero-order valence-corrected chi connectivity index (χ0v) is 15.8. The third-order valence-electron chi connectivity index (χ3n) is 4.03. The number of halogens is 2. The van der Waals surface area contributed by atoms with Crippen molar-refractivity contribution in [1.29, 1.82) is 0 Å². The van der Waals surface area contributed by atoms with Crippen molar-refractivity contribution in [3.8, 4) is 17.1 Å². The summed E-state index contributed by atoms with van der Waals surface area (Å²) in [6, 6.07) is 14.7. The number of para-hydroxylation sites is 1. The molecular formula is C20H14Cl2N4O. The molecule has 0 amide bonds. The van der Waals surface area contributed by atoms with Crippen LogP contribution in [0.4, 0.5) is 11.5 Å². The van der Waals surface area contributed by atoms with Crippen LogP contribution in [0.1, 0.15) is 0 Å². The minimum Gasteiger partial charge on any atom is -0.497 e. The maximum absolute atomic E-state index is 6.32. The molecule has 0 bridgehead atoms. The lowest BCUT2D eigenvalue weighted by atomic mass is 10.2. The maximum atomic E-state index is 6.32. The standard InChI is InChI=1S/C20H14Cl2N4O/c1-27-13-7-8-17-14(10-13)20(25-18-15(21)5-2-6-16(18)22)26-19(24-17)12-4-3-9-23-11-12/h2-11H,1H3,(H,24,25,26). The number of ether oxygens (including phenoxy) is 1. The molecule has 0 aliphatic carbocycles. The van der Waals surface area contributed by atoms with E-state index >= 15 is 0 Å². The van der Waals surface area contributed by atoms with Crippen LogP contribution in [0.3, 0.4) is 0 Å². The summed E-state index contributed by atoms with van der Waals surface area (Å²) in [6.45, 7) is 0. The molecule has 27 heavy (non-hydrogen) atoms. The molecule has 0 saturated heterocycles. The van der Waals surface area contributed by atoms with E-state index in [1.165, 1.54) is 0 Å². The van der Waals surface area contributed by atoms with E-state index in [0.717, 1.165) is 16.5 Å². The molecule has 0 saturated carbocycles. The summed E-state index contributed by atoms with van der Waals surface area (Å²) < 4.78 is 5.34. The Kier molecular flexibility index (Phi) is 4.79. The van der Waals surface area contributed by atoms with E-state index in [4.69, 9.17) is 27.9 Å².